The first-order chi connectivity index (χ1) is 6.13. The molecular formula is C10H21NOSi. The fourth-order valence-corrected chi connectivity index (χ4v) is 2.10. The van der Waals surface area contributed by atoms with E-state index in [4.69, 9.17) is 4.74 Å². The van der Waals surface area contributed by atoms with Crippen LogP contribution < -0.4 is 5.32 Å². The molecule has 0 aromatic heterocycles. The highest BCUT2D eigenvalue weighted by Gasteiger charge is 2.21. The number of ether oxygens (including phenoxy) is 1. The number of hydrogen-bond donors (Lipinski definition) is 1. The quantitative estimate of drug-likeness (QED) is 0.645. The molecule has 1 aliphatic rings. The highest BCUT2D eigenvalue weighted by atomic mass is 28.1. The van der Waals surface area contributed by atoms with E-state index in [9.17, 15) is 0 Å². The summed E-state index contributed by atoms with van der Waals surface area (Å²) in [7, 11) is 1.17. The highest BCUT2D eigenvalue weighted by Crippen LogP contribution is 2.19. The first kappa shape index (κ1) is 11.0. The lowest BCUT2D eigenvalue weighted by molar-refractivity contribution is 0.00467. The molecule has 0 amide bonds. The van der Waals surface area contributed by atoms with Crippen molar-refractivity contribution in [2.75, 3.05) is 19.7 Å². The molecular weight excluding hydrogens is 178 g/mol. The molecule has 0 aromatic carbocycles. The molecule has 13 heavy (non-hydrogen) atoms. The number of morpholine rings is 1. The standard InChI is InChI=1S/C10H21NOSi/c1-7(9(3)13)8(2)10-6-11-4-5-12-10/h8,10-11H,4-6H2,1-3,13H3. The molecule has 1 N–H and O–H groups in total. The minimum Gasteiger partial charge on any atom is -0.375 e. The largest absolute Gasteiger partial charge is 0.375 e. The van der Waals surface area contributed by atoms with Gasteiger partial charge in [-0.05, 0) is 13.8 Å². The second-order valence-electron chi connectivity index (χ2n) is 4.09. The maximum atomic E-state index is 5.73. The fraction of sp³-hybridized carbons (Fsp3) is 0.800. The normalized spacial score (nSPS) is 28.4. The predicted octanol–water partition coefficient (Wildman–Crippen LogP) is 0.270. The summed E-state index contributed by atoms with van der Waals surface area (Å²) in [6.07, 6.45) is 0.387. The third-order valence-corrected chi connectivity index (χ3v) is 3.77. The molecule has 1 heterocycles. The van der Waals surface area contributed by atoms with E-state index >= 15 is 0 Å². The van der Waals surface area contributed by atoms with Crippen molar-refractivity contribution < 1.29 is 4.74 Å². The molecule has 1 aliphatic heterocycles. The maximum absolute atomic E-state index is 5.73. The average Bonchev–Trinajstić information content (AvgIpc) is 2.17. The van der Waals surface area contributed by atoms with E-state index in [1.54, 1.807) is 5.20 Å². The van der Waals surface area contributed by atoms with Crippen LogP contribution in [0.15, 0.2) is 10.8 Å². The van der Waals surface area contributed by atoms with Crippen molar-refractivity contribution in [3.05, 3.63) is 10.8 Å². The van der Waals surface area contributed by atoms with E-state index in [2.05, 4.69) is 26.1 Å². The van der Waals surface area contributed by atoms with Crippen molar-refractivity contribution in [3.8, 4) is 0 Å². The zero-order valence-corrected chi connectivity index (χ0v) is 11.2. The molecule has 0 saturated carbocycles. The van der Waals surface area contributed by atoms with Gasteiger partial charge in [-0.15, -0.1) is 0 Å². The summed E-state index contributed by atoms with van der Waals surface area (Å²) in [6, 6.07) is 0. The zero-order valence-electron chi connectivity index (χ0n) is 9.18. The minimum absolute atomic E-state index is 0.387. The van der Waals surface area contributed by atoms with Crippen LogP contribution in [-0.4, -0.2) is 36.0 Å². The molecule has 2 nitrogen and oxygen atoms in total. The van der Waals surface area contributed by atoms with Gasteiger partial charge in [0.1, 0.15) is 0 Å². The van der Waals surface area contributed by atoms with Gasteiger partial charge in [0.25, 0.3) is 0 Å². The Kier molecular flexibility index (Phi) is 4.16. The Balaban J connectivity index is 2.55. The number of rotatable bonds is 2. The van der Waals surface area contributed by atoms with Gasteiger partial charge in [0.05, 0.1) is 12.7 Å². The molecule has 1 fully saturated rings. The van der Waals surface area contributed by atoms with Crippen LogP contribution in [0.1, 0.15) is 20.8 Å². The number of nitrogens with one attached hydrogen (secondary N) is 1. The van der Waals surface area contributed by atoms with E-state index in [1.165, 1.54) is 15.8 Å². The van der Waals surface area contributed by atoms with Crippen molar-refractivity contribution in [2.24, 2.45) is 5.92 Å². The van der Waals surface area contributed by atoms with Gasteiger partial charge >= 0.3 is 0 Å². The van der Waals surface area contributed by atoms with Crippen LogP contribution in [0.5, 0.6) is 0 Å². The molecule has 0 radical (unpaired) electrons. The Labute approximate surface area is 84.2 Å². The summed E-state index contributed by atoms with van der Waals surface area (Å²) in [4.78, 5) is 0. The lowest BCUT2D eigenvalue weighted by Crippen LogP contribution is -2.42. The first-order valence-corrected chi connectivity index (χ1v) is 6.09. The number of allylic oxidation sites excluding steroid dienone is 1. The summed E-state index contributed by atoms with van der Waals surface area (Å²) in [6.45, 7) is 9.62. The van der Waals surface area contributed by atoms with Crippen LogP contribution in [0.25, 0.3) is 0 Å². The Hall–Kier alpha value is -0.123. The molecule has 2 unspecified atom stereocenters. The molecule has 0 aliphatic carbocycles. The summed E-state index contributed by atoms with van der Waals surface area (Å²) in [5.74, 6) is 0.574. The summed E-state index contributed by atoms with van der Waals surface area (Å²) >= 11 is 0. The van der Waals surface area contributed by atoms with Crippen molar-refractivity contribution in [1.29, 1.82) is 0 Å². The Morgan fingerprint density at radius 3 is 2.69 bits per heavy atom. The summed E-state index contributed by atoms with van der Waals surface area (Å²) < 4.78 is 5.73. The van der Waals surface area contributed by atoms with Crippen molar-refractivity contribution in [3.63, 3.8) is 0 Å². The first-order valence-electron chi connectivity index (χ1n) is 5.09. The lowest BCUT2D eigenvalue weighted by atomic mass is 9.95. The van der Waals surface area contributed by atoms with Gasteiger partial charge in [-0.3, -0.25) is 0 Å². The third kappa shape index (κ3) is 2.93. The second-order valence-corrected chi connectivity index (χ2v) is 5.59. The molecule has 3 heteroatoms. The van der Waals surface area contributed by atoms with Gasteiger partial charge in [-0.2, -0.15) is 0 Å². The van der Waals surface area contributed by atoms with E-state index < -0.39 is 0 Å². The zero-order chi connectivity index (χ0) is 9.84. The van der Waals surface area contributed by atoms with Crippen LogP contribution in [0.3, 0.4) is 0 Å². The highest BCUT2D eigenvalue weighted by molar-refractivity contribution is 6.21. The molecule has 0 bridgehead atoms. The van der Waals surface area contributed by atoms with E-state index in [0.29, 0.717) is 12.0 Å². The van der Waals surface area contributed by atoms with Crippen LogP contribution in [0.4, 0.5) is 0 Å². The van der Waals surface area contributed by atoms with Crippen LogP contribution in [0.2, 0.25) is 0 Å². The van der Waals surface area contributed by atoms with Crippen LogP contribution in [-0.2, 0) is 4.74 Å². The van der Waals surface area contributed by atoms with Gasteiger partial charge in [-0.25, -0.2) is 0 Å². The van der Waals surface area contributed by atoms with Gasteiger partial charge in [0.2, 0.25) is 0 Å². The molecule has 2 atom stereocenters. The molecule has 1 rings (SSSR count). The minimum atomic E-state index is 0.387. The monoisotopic (exact) mass is 199 g/mol. The number of hydrogen-bond acceptors (Lipinski definition) is 2. The van der Waals surface area contributed by atoms with Gasteiger partial charge in [0, 0.05) is 29.2 Å². The van der Waals surface area contributed by atoms with Crippen LogP contribution in [0, 0.1) is 5.92 Å². The maximum Gasteiger partial charge on any atom is 0.0762 e. The molecule has 76 valence electrons. The van der Waals surface area contributed by atoms with Crippen molar-refractivity contribution >= 4 is 10.2 Å². The van der Waals surface area contributed by atoms with Gasteiger partial charge < -0.3 is 10.1 Å². The van der Waals surface area contributed by atoms with E-state index in [0.717, 1.165) is 19.7 Å². The van der Waals surface area contributed by atoms with Crippen LogP contribution >= 0.6 is 0 Å². The van der Waals surface area contributed by atoms with Gasteiger partial charge in [-0.1, -0.05) is 17.7 Å². The Bertz CT molecular complexity index is 193. The summed E-state index contributed by atoms with van der Waals surface area (Å²) in [5, 5.41) is 4.93. The SMILES string of the molecule is CC([SiH3])=C(C)C(C)C1CNCCO1. The van der Waals surface area contributed by atoms with Crippen molar-refractivity contribution in [2.45, 2.75) is 26.9 Å². The molecule has 0 spiro atoms. The average molecular weight is 199 g/mol. The third-order valence-electron chi connectivity index (χ3n) is 2.99. The molecule has 1 saturated heterocycles. The lowest BCUT2D eigenvalue weighted by Gasteiger charge is -2.30. The second kappa shape index (κ2) is 4.93. The fourth-order valence-electron chi connectivity index (χ4n) is 1.64. The Morgan fingerprint density at radius 1 is 1.54 bits per heavy atom. The Morgan fingerprint density at radius 2 is 2.23 bits per heavy atom. The van der Waals surface area contributed by atoms with Gasteiger partial charge in [0.15, 0.2) is 0 Å². The van der Waals surface area contributed by atoms with E-state index in [1.807, 2.05) is 0 Å². The molecule has 0 aromatic rings. The smallest absolute Gasteiger partial charge is 0.0762 e. The summed E-state index contributed by atoms with van der Waals surface area (Å²) in [5.41, 5.74) is 1.53. The van der Waals surface area contributed by atoms with Crippen molar-refractivity contribution in [1.82, 2.24) is 5.32 Å². The van der Waals surface area contributed by atoms with E-state index in [-0.39, 0.29) is 0 Å². The topological polar surface area (TPSA) is 21.3 Å². The predicted molar refractivity (Wildman–Crippen MR) is 60.1 cm³/mol.